The van der Waals surface area contributed by atoms with E-state index in [1.165, 1.54) is 51.4 Å². The first kappa shape index (κ1) is 31.2. The number of alkyl carbamates (subject to hydrolysis) is 1. The summed E-state index contributed by atoms with van der Waals surface area (Å²) in [5, 5.41) is 5.75. The van der Waals surface area contributed by atoms with E-state index in [-0.39, 0.29) is 24.9 Å². The largest absolute Gasteiger partial charge is 0.445 e. The molecule has 0 saturated carbocycles. The van der Waals surface area contributed by atoms with Gasteiger partial charge in [0.25, 0.3) is 5.91 Å². The number of carbonyl (C=O) groups excluding carboxylic acids is 2. The average molecular weight is 484 g/mol. The molecule has 1 rings (SSSR count). The molecule has 0 atom stereocenters. The number of benzene rings is 1. The first-order valence-corrected chi connectivity index (χ1v) is 12.5. The molecule has 190 valence electrons. The van der Waals surface area contributed by atoms with E-state index < -0.39 is 6.09 Å². The molecular weight excluding hydrogens is 438 g/mol. The maximum Gasteiger partial charge on any atom is 0.407 e. The maximum absolute atomic E-state index is 12.6. The van der Waals surface area contributed by atoms with Crippen LogP contribution in [-0.4, -0.2) is 50.6 Å². The van der Waals surface area contributed by atoms with Crippen LogP contribution in [0.1, 0.15) is 93.5 Å². The first-order chi connectivity index (χ1) is 15.5. The van der Waals surface area contributed by atoms with Crippen LogP contribution in [-0.2, 0) is 11.3 Å². The minimum absolute atomic E-state index is 0. The zero-order chi connectivity index (χ0) is 23.4. The van der Waals surface area contributed by atoms with E-state index >= 15 is 0 Å². The van der Waals surface area contributed by atoms with Gasteiger partial charge in [-0.25, -0.2) is 4.79 Å². The van der Waals surface area contributed by atoms with Gasteiger partial charge < -0.3 is 20.3 Å². The summed E-state index contributed by atoms with van der Waals surface area (Å²) >= 11 is 0. The highest BCUT2D eigenvalue weighted by Crippen LogP contribution is 2.12. The second-order valence-corrected chi connectivity index (χ2v) is 8.75. The lowest BCUT2D eigenvalue weighted by molar-refractivity contribution is 0.0946. The molecule has 0 aliphatic rings. The lowest BCUT2D eigenvalue weighted by Gasteiger charge is -2.12. The zero-order valence-electron chi connectivity index (χ0n) is 21.0. The van der Waals surface area contributed by atoms with Crippen molar-refractivity contribution in [3.8, 4) is 0 Å². The standard InChI is InChI=1S/C26H45N3O3.ClH/c1-4-5-6-7-8-9-10-11-12-15-19-27-25(30)24-18-14-13-17-23(24)22-32-26(31)28-20-16-21-29(2)3;/h13-14,17-18H,4-12,15-16,19-22H2,1-3H3,(H,27,30)(H,28,31);1H. The molecule has 2 N–H and O–H groups in total. The first-order valence-electron chi connectivity index (χ1n) is 12.5. The maximum atomic E-state index is 12.6. The highest BCUT2D eigenvalue weighted by molar-refractivity contribution is 5.95. The number of hydrogen-bond acceptors (Lipinski definition) is 4. The van der Waals surface area contributed by atoms with Crippen molar-refractivity contribution in [3.05, 3.63) is 35.4 Å². The van der Waals surface area contributed by atoms with E-state index in [2.05, 4.69) is 22.5 Å². The van der Waals surface area contributed by atoms with Crippen LogP contribution in [0.25, 0.3) is 0 Å². The van der Waals surface area contributed by atoms with Crippen LogP contribution in [0.2, 0.25) is 0 Å². The van der Waals surface area contributed by atoms with Crippen molar-refractivity contribution in [2.45, 2.75) is 84.2 Å². The van der Waals surface area contributed by atoms with E-state index in [0.29, 0.717) is 18.7 Å². The Morgan fingerprint density at radius 2 is 1.39 bits per heavy atom. The second-order valence-electron chi connectivity index (χ2n) is 8.75. The topological polar surface area (TPSA) is 70.7 Å². The molecular formula is C26H46ClN3O3. The Labute approximate surface area is 207 Å². The van der Waals surface area contributed by atoms with Crippen LogP contribution in [0.4, 0.5) is 4.79 Å². The van der Waals surface area contributed by atoms with Crippen LogP contribution in [0.15, 0.2) is 24.3 Å². The predicted octanol–water partition coefficient (Wildman–Crippen LogP) is 5.94. The van der Waals surface area contributed by atoms with E-state index in [1.807, 2.05) is 32.3 Å². The summed E-state index contributed by atoms with van der Waals surface area (Å²) in [6.45, 7) is 4.48. The number of carbonyl (C=O) groups is 2. The molecule has 1 aromatic carbocycles. The molecule has 0 aliphatic carbocycles. The molecule has 0 fully saturated rings. The van der Waals surface area contributed by atoms with Gasteiger partial charge in [-0.3, -0.25) is 4.79 Å². The number of hydrogen-bond donors (Lipinski definition) is 2. The number of nitrogens with one attached hydrogen (secondary N) is 2. The molecule has 0 bridgehead atoms. The number of amides is 2. The summed E-state index contributed by atoms with van der Waals surface area (Å²) in [7, 11) is 3.99. The lowest BCUT2D eigenvalue weighted by atomic mass is 10.1. The number of unbranched alkanes of at least 4 members (excludes halogenated alkanes) is 9. The molecule has 33 heavy (non-hydrogen) atoms. The monoisotopic (exact) mass is 483 g/mol. The van der Waals surface area contributed by atoms with E-state index in [0.717, 1.165) is 31.4 Å². The highest BCUT2D eigenvalue weighted by Gasteiger charge is 2.12. The molecule has 0 aliphatic heterocycles. The minimum Gasteiger partial charge on any atom is -0.445 e. The van der Waals surface area contributed by atoms with Gasteiger partial charge in [0.1, 0.15) is 6.61 Å². The van der Waals surface area contributed by atoms with Crippen molar-refractivity contribution < 1.29 is 14.3 Å². The van der Waals surface area contributed by atoms with Gasteiger partial charge in [0.05, 0.1) is 0 Å². The molecule has 2 amide bonds. The van der Waals surface area contributed by atoms with Crippen molar-refractivity contribution in [1.82, 2.24) is 15.5 Å². The van der Waals surface area contributed by atoms with Gasteiger partial charge in [0.2, 0.25) is 0 Å². The fraction of sp³-hybridized carbons (Fsp3) is 0.692. The fourth-order valence-corrected chi connectivity index (χ4v) is 3.56. The van der Waals surface area contributed by atoms with E-state index in [4.69, 9.17) is 4.74 Å². The SMILES string of the molecule is CCCCCCCCCCCCNC(=O)c1ccccc1COC(=O)NCCCN(C)C.Cl. The fourth-order valence-electron chi connectivity index (χ4n) is 3.56. The number of nitrogens with zero attached hydrogens (tertiary/aromatic N) is 1. The number of ether oxygens (including phenoxy) is 1. The van der Waals surface area contributed by atoms with Crippen LogP contribution in [0.5, 0.6) is 0 Å². The molecule has 0 unspecified atom stereocenters. The Balaban J connectivity index is 0.0000102. The summed E-state index contributed by atoms with van der Waals surface area (Å²) in [6, 6.07) is 7.29. The summed E-state index contributed by atoms with van der Waals surface area (Å²) < 4.78 is 5.29. The van der Waals surface area contributed by atoms with Crippen molar-refractivity contribution in [2.75, 3.05) is 33.7 Å². The third kappa shape index (κ3) is 16.5. The van der Waals surface area contributed by atoms with Gasteiger partial charge in [-0.2, -0.15) is 0 Å². The summed E-state index contributed by atoms with van der Waals surface area (Å²) in [5.74, 6) is -0.105. The Bertz CT molecular complexity index is 641. The molecule has 6 nitrogen and oxygen atoms in total. The molecule has 0 radical (unpaired) electrons. The van der Waals surface area contributed by atoms with Crippen molar-refractivity contribution in [1.29, 1.82) is 0 Å². The van der Waals surface area contributed by atoms with Crippen LogP contribution in [0, 0.1) is 0 Å². The van der Waals surface area contributed by atoms with Gasteiger partial charge in [-0.1, -0.05) is 82.9 Å². The minimum atomic E-state index is -0.454. The molecule has 1 aromatic rings. The van der Waals surface area contributed by atoms with Crippen LogP contribution in [0.3, 0.4) is 0 Å². The van der Waals surface area contributed by atoms with Crippen LogP contribution >= 0.6 is 12.4 Å². The van der Waals surface area contributed by atoms with Crippen molar-refractivity contribution >= 4 is 24.4 Å². The number of halogens is 1. The Kier molecular flexibility index (Phi) is 19.7. The quantitative estimate of drug-likeness (QED) is 0.253. The zero-order valence-corrected chi connectivity index (χ0v) is 21.8. The molecule has 0 saturated heterocycles. The van der Waals surface area contributed by atoms with E-state index in [9.17, 15) is 9.59 Å². The Hall–Kier alpha value is -1.79. The van der Waals surface area contributed by atoms with Gasteiger partial charge in [-0.05, 0) is 39.5 Å². The van der Waals surface area contributed by atoms with Gasteiger partial charge >= 0.3 is 6.09 Å². The molecule has 0 aromatic heterocycles. The molecule has 0 spiro atoms. The van der Waals surface area contributed by atoms with Crippen LogP contribution < -0.4 is 10.6 Å². The summed E-state index contributed by atoms with van der Waals surface area (Å²) in [5.41, 5.74) is 1.29. The van der Waals surface area contributed by atoms with Crippen molar-refractivity contribution in [2.24, 2.45) is 0 Å². The van der Waals surface area contributed by atoms with Crippen molar-refractivity contribution in [3.63, 3.8) is 0 Å². The highest BCUT2D eigenvalue weighted by atomic mass is 35.5. The lowest BCUT2D eigenvalue weighted by Crippen LogP contribution is -2.28. The Morgan fingerprint density at radius 1 is 0.818 bits per heavy atom. The Morgan fingerprint density at radius 3 is 2.03 bits per heavy atom. The van der Waals surface area contributed by atoms with Gasteiger partial charge in [-0.15, -0.1) is 12.4 Å². The normalized spacial score (nSPS) is 10.5. The van der Waals surface area contributed by atoms with Gasteiger partial charge in [0, 0.05) is 24.2 Å². The summed E-state index contributed by atoms with van der Waals surface area (Å²) in [6.07, 6.45) is 13.1. The number of rotatable bonds is 18. The molecule has 0 heterocycles. The molecule has 7 heteroatoms. The third-order valence-electron chi connectivity index (χ3n) is 5.49. The van der Waals surface area contributed by atoms with Gasteiger partial charge in [0.15, 0.2) is 0 Å². The predicted molar refractivity (Wildman–Crippen MR) is 139 cm³/mol. The summed E-state index contributed by atoms with van der Waals surface area (Å²) in [4.78, 5) is 26.5. The average Bonchev–Trinajstić information content (AvgIpc) is 2.79. The smallest absolute Gasteiger partial charge is 0.407 e. The van der Waals surface area contributed by atoms with E-state index in [1.54, 1.807) is 6.07 Å². The second kappa shape index (κ2) is 20.8. The third-order valence-corrected chi connectivity index (χ3v) is 5.49.